The lowest BCUT2D eigenvalue weighted by Gasteiger charge is -2.36. The van der Waals surface area contributed by atoms with Crippen LogP contribution in [0.5, 0.6) is 0 Å². The fourth-order valence-corrected chi connectivity index (χ4v) is 2.84. The average molecular weight is 349 g/mol. The van der Waals surface area contributed by atoms with E-state index in [2.05, 4.69) is 33.9 Å². The Morgan fingerprint density at radius 1 is 1.08 bits per heavy atom. The van der Waals surface area contributed by atoms with Crippen LogP contribution in [-0.2, 0) is 9.16 Å². The molecule has 1 aromatic carbocycles. The highest BCUT2D eigenvalue weighted by atomic mass is 28.4. The molecule has 24 heavy (non-hydrogen) atoms. The van der Waals surface area contributed by atoms with Crippen molar-refractivity contribution >= 4 is 8.32 Å². The number of methoxy groups -OCH3 is 1. The number of ether oxygens (including phenoxy) is 1. The maximum absolute atomic E-state index is 10.1. The zero-order valence-corrected chi connectivity index (χ0v) is 16.8. The third-order valence-corrected chi connectivity index (χ3v) is 9.09. The van der Waals surface area contributed by atoms with Crippen molar-refractivity contribution < 1.29 is 14.3 Å². The van der Waals surface area contributed by atoms with E-state index in [-0.39, 0.29) is 11.1 Å². The van der Waals surface area contributed by atoms with Gasteiger partial charge in [-0.05, 0) is 23.7 Å². The minimum atomic E-state index is -1.77. The van der Waals surface area contributed by atoms with Gasteiger partial charge in [0.15, 0.2) is 8.32 Å². The molecular weight excluding hydrogens is 316 g/mol. The Bertz CT molecular complexity index is 530. The molecule has 1 aromatic rings. The molecule has 0 saturated heterocycles. The van der Waals surface area contributed by atoms with E-state index >= 15 is 0 Å². The number of hydrogen-bond acceptors (Lipinski definition) is 3. The summed E-state index contributed by atoms with van der Waals surface area (Å²) in [5.41, 5.74) is 0.881. The minimum absolute atomic E-state index is 0.0855. The standard InChI is InChI=1S/C20H32O3Si/c1-20(2,3)24(5,6)23-16-18(22-4)14-10-11-15-19(21)17-12-8-7-9-13-17/h7-15,18-19,21H,16H2,1-6H3/b14-10+,15-11?/t18-,19+/m0/s1. The Morgan fingerprint density at radius 2 is 1.67 bits per heavy atom. The lowest BCUT2D eigenvalue weighted by Crippen LogP contribution is -2.42. The molecule has 0 spiro atoms. The number of benzene rings is 1. The van der Waals surface area contributed by atoms with Crippen molar-refractivity contribution in [2.45, 2.75) is 51.1 Å². The molecule has 1 N–H and O–H groups in total. The van der Waals surface area contributed by atoms with Gasteiger partial charge in [-0.2, -0.15) is 0 Å². The topological polar surface area (TPSA) is 38.7 Å². The van der Waals surface area contributed by atoms with Crippen molar-refractivity contribution in [3.05, 3.63) is 60.2 Å². The fourth-order valence-electron chi connectivity index (χ4n) is 1.83. The van der Waals surface area contributed by atoms with E-state index in [0.29, 0.717) is 6.61 Å². The van der Waals surface area contributed by atoms with E-state index in [1.165, 1.54) is 0 Å². The largest absolute Gasteiger partial charge is 0.414 e. The van der Waals surface area contributed by atoms with Gasteiger partial charge in [0.25, 0.3) is 0 Å². The van der Waals surface area contributed by atoms with Crippen molar-refractivity contribution in [3.8, 4) is 0 Å². The first-order valence-electron chi connectivity index (χ1n) is 8.42. The first kappa shape index (κ1) is 20.8. The van der Waals surface area contributed by atoms with Crippen LogP contribution < -0.4 is 0 Å². The number of allylic oxidation sites excluding steroid dienone is 2. The van der Waals surface area contributed by atoms with Gasteiger partial charge >= 0.3 is 0 Å². The van der Waals surface area contributed by atoms with Gasteiger partial charge in [0.1, 0.15) is 0 Å². The summed E-state index contributed by atoms with van der Waals surface area (Å²) in [6.07, 6.45) is 6.78. The summed E-state index contributed by atoms with van der Waals surface area (Å²) in [4.78, 5) is 0. The highest BCUT2D eigenvalue weighted by Crippen LogP contribution is 2.36. The Hall–Kier alpha value is -1.20. The lowest BCUT2D eigenvalue weighted by molar-refractivity contribution is 0.0859. The van der Waals surface area contributed by atoms with Gasteiger partial charge in [-0.15, -0.1) is 0 Å². The Morgan fingerprint density at radius 3 is 2.21 bits per heavy atom. The third-order valence-electron chi connectivity index (χ3n) is 4.59. The first-order valence-corrected chi connectivity index (χ1v) is 11.3. The summed E-state index contributed by atoms with van der Waals surface area (Å²) >= 11 is 0. The third kappa shape index (κ3) is 6.73. The van der Waals surface area contributed by atoms with Gasteiger partial charge in [-0.1, -0.05) is 75.4 Å². The summed E-state index contributed by atoms with van der Waals surface area (Å²) in [5.74, 6) is 0. The van der Waals surface area contributed by atoms with Crippen molar-refractivity contribution in [1.29, 1.82) is 0 Å². The molecule has 0 radical (unpaired) electrons. The van der Waals surface area contributed by atoms with Crippen LogP contribution in [0.15, 0.2) is 54.6 Å². The van der Waals surface area contributed by atoms with Crippen LogP contribution in [0.4, 0.5) is 0 Å². The number of aliphatic hydroxyl groups is 1. The molecule has 0 bridgehead atoms. The van der Waals surface area contributed by atoms with Crippen LogP contribution in [0.2, 0.25) is 18.1 Å². The number of aliphatic hydroxyl groups excluding tert-OH is 1. The molecule has 4 heteroatoms. The van der Waals surface area contributed by atoms with Gasteiger partial charge in [0.2, 0.25) is 0 Å². The van der Waals surface area contributed by atoms with E-state index < -0.39 is 14.4 Å². The maximum Gasteiger partial charge on any atom is 0.192 e. The molecule has 0 saturated carbocycles. The monoisotopic (exact) mass is 348 g/mol. The Balaban J connectivity index is 2.53. The average Bonchev–Trinajstić information content (AvgIpc) is 2.53. The van der Waals surface area contributed by atoms with Gasteiger partial charge in [-0.3, -0.25) is 0 Å². The van der Waals surface area contributed by atoms with E-state index in [4.69, 9.17) is 9.16 Å². The SMILES string of the molecule is CO[C@@H](/C=C/C=C[C@@H](O)c1ccccc1)CO[Si](C)(C)C(C)(C)C. The highest BCUT2D eigenvalue weighted by molar-refractivity contribution is 6.74. The zero-order valence-electron chi connectivity index (χ0n) is 15.8. The second kappa shape index (κ2) is 9.32. The van der Waals surface area contributed by atoms with E-state index in [0.717, 1.165) is 5.56 Å². The van der Waals surface area contributed by atoms with Crippen LogP contribution in [0, 0.1) is 0 Å². The molecule has 0 aliphatic heterocycles. The molecule has 0 aliphatic carbocycles. The van der Waals surface area contributed by atoms with Gasteiger partial charge in [-0.25, -0.2) is 0 Å². The van der Waals surface area contributed by atoms with Crippen molar-refractivity contribution in [3.63, 3.8) is 0 Å². The van der Waals surface area contributed by atoms with Crippen LogP contribution >= 0.6 is 0 Å². The van der Waals surface area contributed by atoms with Gasteiger partial charge in [0, 0.05) is 7.11 Å². The van der Waals surface area contributed by atoms with Crippen molar-refractivity contribution in [2.24, 2.45) is 0 Å². The fraction of sp³-hybridized carbons (Fsp3) is 0.500. The molecule has 0 heterocycles. The molecule has 0 fully saturated rings. The first-order chi connectivity index (χ1) is 11.2. The predicted octanol–water partition coefficient (Wildman–Crippen LogP) is 4.87. The normalized spacial score (nSPS) is 16.0. The molecule has 3 nitrogen and oxygen atoms in total. The Labute approximate surface area is 148 Å². The maximum atomic E-state index is 10.1. The molecule has 0 amide bonds. The molecule has 134 valence electrons. The van der Waals surface area contributed by atoms with E-state index in [1.807, 2.05) is 48.6 Å². The van der Waals surface area contributed by atoms with Gasteiger partial charge in [0.05, 0.1) is 18.8 Å². The van der Waals surface area contributed by atoms with E-state index in [9.17, 15) is 5.11 Å². The number of hydrogen-bond donors (Lipinski definition) is 1. The lowest BCUT2D eigenvalue weighted by atomic mass is 10.1. The second-order valence-corrected chi connectivity index (χ2v) is 12.3. The summed E-state index contributed by atoms with van der Waals surface area (Å²) in [7, 11) is -0.0783. The minimum Gasteiger partial charge on any atom is -0.414 e. The molecule has 1 rings (SSSR count). The quantitative estimate of drug-likeness (QED) is 0.538. The van der Waals surface area contributed by atoms with Crippen molar-refractivity contribution in [1.82, 2.24) is 0 Å². The van der Waals surface area contributed by atoms with Crippen molar-refractivity contribution in [2.75, 3.05) is 13.7 Å². The van der Waals surface area contributed by atoms with E-state index in [1.54, 1.807) is 13.2 Å². The van der Waals surface area contributed by atoms with Gasteiger partial charge < -0.3 is 14.3 Å². The molecule has 0 unspecified atom stereocenters. The summed E-state index contributed by atoms with van der Waals surface area (Å²) in [6.45, 7) is 11.7. The Kier molecular flexibility index (Phi) is 8.10. The number of rotatable bonds is 8. The highest BCUT2D eigenvalue weighted by Gasteiger charge is 2.37. The second-order valence-electron chi connectivity index (χ2n) is 7.47. The van der Waals surface area contributed by atoms with Crippen LogP contribution in [0.25, 0.3) is 0 Å². The molecule has 0 aromatic heterocycles. The predicted molar refractivity (Wildman–Crippen MR) is 104 cm³/mol. The van der Waals surface area contributed by atoms with Crippen LogP contribution in [-0.4, -0.2) is 33.2 Å². The summed E-state index contributed by atoms with van der Waals surface area (Å²) in [6, 6.07) is 9.58. The molecular formula is C20H32O3Si. The van der Waals surface area contributed by atoms with Crippen LogP contribution in [0.1, 0.15) is 32.4 Å². The molecule has 2 atom stereocenters. The van der Waals surface area contributed by atoms with Crippen LogP contribution in [0.3, 0.4) is 0 Å². The smallest absolute Gasteiger partial charge is 0.192 e. The zero-order chi connectivity index (χ0) is 18.2. The summed E-state index contributed by atoms with van der Waals surface area (Å²) in [5, 5.41) is 10.3. The summed E-state index contributed by atoms with van der Waals surface area (Å²) < 4.78 is 11.6. The molecule has 0 aliphatic rings.